The summed E-state index contributed by atoms with van der Waals surface area (Å²) in [5.74, 6) is 0.103. The van der Waals surface area contributed by atoms with Gasteiger partial charge in [-0.2, -0.15) is 5.10 Å². The van der Waals surface area contributed by atoms with E-state index in [4.69, 9.17) is 0 Å². The number of carbonyl (C=O) groups is 2. The fraction of sp³-hybridized carbons (Fsp3) is 0.375. The second kappa shape index (κ2) is 10.6. The minimum absolute atomic E-state index is 0.102. The van der Waals surface area contributed by atoms with Crippen molar-refractivity contribution in [2.75, 3.05) is 5.32 Å². The molecule has 2 aromatic carbocycles. The summed E-state index contributed by atoms with van der Waals surface area (Å²) < 4.78 is 0. The number of hydrogen-bond donors (Lipinski definition) is 2. The minimum atomic E-state index is -0.116. The molecule has 1 fully saturated rings. The molecule has 1 aliphatic rings. The highest BCUT2D eigenvalue weighted by Crippen LogP contribution is 2.25. The van der Waals surface area contributed by atoms with Crippen LogP contribution in [0.25, 0.3) is 0 Å². The molecule has 3 rings (SSSR count). The van der Waals surface area contributed by atoms with Gasteiger partial charge in [-0.1, -0.05) is 61.7 Å². The van der Waals surface area contributed by atoms with Crippen LogP contribution >= 0.6 is 0 Å². The van der Waals surface area contributed by atoms with E-state index in [2.05, 4.69) is 15.8 Å². The van der Waals surface area contributed by atoms with Crippen molar-refractivity contribution in [3.05, 3.63) is 65.7 Å². The summed E-state index contributed by atoms with van der Waals surface area (Å²) in [5, 5.41) is 7.25. The predicted molar refractivity (Wildman–Crippen MR) is 117 cm³/mol. The standard InChI is InChI=1S/C24H29N3O2/c1-18(26-27-23(28)16-15-19-9-4-2-5-10-19)21-13-8-14-22(17-21)25-24(29)20-11-6-3-7-12-20/h2,4-5,8-10,13-14,17,20H,3,6-7,11-12,15-16H2,1H3,(H,25,29)(H,27,28). The van der Waals surface area contributed by atoms with E-state index in [1.54, 1.807) is 0 Å². The Morgan fingerprint density at radius 3 is 2.52 bits per heavy atom. The maximum absolute atomic E-state index is 12.5. The van der Waals surface area contributed by atoms with Gasteiger partial charge in [-0.05, 0) is 49.4 Å². The molecule has 0 saturated heterocycles. The molecule has 2 N–H and O–H groups in total. The van der Waals surface area contributed by atoms with Gasteiger partial charge in [0, 0.05) is 18.0 Å². The molecule has 152 valence electrons. The normalized spacial score (nSPS) is 15.0. The highest BCUT2D eigenvalue weighted by Gasteiger charge is 2.21. The first-order valence-electron chi connectivity index (χ1n) is 10.4. The van der Waals surface area contributed by atoms with Crippen LogP contribution in [0.5, 0.6) is 0 Å². The summed E-state index contributed by atoms with van der Waals surface area (Å²) in [6, 6.07) is 17.5. The van der Waals surface area contributed by atoms with Crippen LogP contribution in [0.4, 0.5) is 5.69 Å². The number of carbonyl (C=O) groups excluding carboxylic acids is 2. The SMILES string of the molecule is CC(=NNC(=O)CCc1ccccc1)c1cccc(NC(=O)C2CCCCC2)c1. The molecule has 5 nitrogen and oxygen atoms in total. The number of nitrogens with one attached hydrogen (secondary N) is 2. The van der Waals surface area contributed by atoms with Crippen molar-refractivity contribution in [2.45, 2.75) is 51.9 Å². The Hall–Kier alpha value is -2.95. The van der Waals surface area contributed by atoms with E-state index in [0.29, 0.717) is 18.6 Å². The zero-order valence-electron chi connectivity index (χ0n) is 17.0. The highest BCUT2D eigenvalue weighted by atomic mass is 16.2. The average Bonchev–Trinajstić information content (AvgIpc) is 2.77. The van der Waals surface area contributed by atoms with E-state index in [1.165, 1.54) is 6.42 Å². The Morgan fingerprint density at radius 2 is 1.76 bits per heavy atom. The molecule has 1 saturated carbocycles. The fourth-order valence-electron chi connectivity index (χ4n) is 3.60. The van der Waals surface area contributed by atoms with Gasteiger partial charge in [0.05, 0.1) is 5.71 Å². The molecule has 0 radical (unpaired) electrons. The molecule has 0 spiro atoms. The molecule has 0 aromatic heterocycles. The van der Waals surface area contributed by atoms with E-state index >= 15 is 0 Å². The van der Waals surface area contributed by atoms with Crippen molar-refractivity contribution in [3.63, 3.8) is 0 Å². The number of nitrogens with zero attached hydrogens (tertiary/aromatic N) is 1. The van der Waals surface area contributed by atoms with E-state index < -0.39 is 0 Å². The van der Waals surface area contributed by atoms with Crippen LogP contribution in [-0.4, -0.2) is 17.5 Å². The quantitative estimate of drug-likeness (QED) is 0.531. The topological polar surface area (TPSA) is 70.6 Å². The lowest BCUT2D eigenvalue weighted by atomic mass is 9.88. The molecule has 5 heteroatoms. The van der Waals surface area contributed by atoms with E-state index in [0.717, 1.165) is 42.5 Å². The van der Waals surface area contributed by atoms with Crippen LogP contribution in [0.1, 0.15) is 56.6 Å². The summed E-state index contributed by atoms with van der Waals surface area (Å²) in [6.45, 7) is 1.85. The van der Waals surface area contributed by atoms with Crippen LogP contribution in [0.3, 0.4) is 0 Å². The summed E-state index contributed by atoms with van der Waals surface area (Å²) in [7, 11) is 0. The fourth-order valence-corrected chi connectivity index (χ4v) is 3.60. The van der Waals surface area contributed by atoms with Crippen LogP contribution in [-0.2, 0) is 16.0 Å². The molecule has 1 aliphatic carbocycles. The first-order chi connectivity index (χ1) is 14.1. The zero-order chi connectivity index (χ0) is 20.5. The smallest absolute Gasteiger partial charge is 0.240 e. The van der Waals surface area contributed by atoms with Gasteiger partial charge in [0.15, 0.2) is 0 Å². The minimum Gasteiger partial charge on any atom is -0.326 e. The Labute approximate surface area is 172 Å². The Morgan fingerprint density at radius 1 is 1.00 bits per heavy atom. The second-order valence-electron chi connectivity index (χ2n) is 7.62. The van der Waals surface area contributed by atoms with Crippen molar-refractivity contribution >= 4 is 23.2 Å². The van der Waals surface area contributed by atoms with Gasteiger partial charge >= 0.3 is 0 Å². The van der Waals surface area contributed by atoms with Gasteiger partial charge in [-0.3, -0.25) is 9.59 Å². The molecule has 0 atom stereocenters. The van der Waals surface area contributed by atoms with Crippen LogP contribution in [0, 0.1) is 5.92 Å². The first kappa shape index (κ1) is 20.8. The van der Waals surface area contributed by atoms with Crippen LogP contribution in [0.15, 0.2) is 59.7 Å². The van der Waals surface area contributed by atoms with Gasteiger partial charge in [0.2, 0.25) is 11.8 Å². The molecular formula is C24H29N3O2. The zero-order valence-corrected chi connectivity index (χ0v) is 17.0. The summed E-state index contributed by atoms with van der Waals surface area (Å²) in [4.78, 5) is 24.5. The number of hydrogen-bond acceptors (Lipinski definition) is 3. The number of rotatable bonds is 7. The third kappa shape index (κ3) is 6.56. The van der Waals surface area contributed by atoms with Crippen LogP contribution < -0.4 is 10.7 Å². The monoisotopic (exact) mass is 391 g/mol. The number of amides is 2. The number of hydrazone groups is 1. The maximum atomic E-state index is 12.5. The van der Waals surface area contributed by atoms with Crippen molar-refractivity contribution in [1.29, 1.82) is 0 Å². The van der Waals surface area contributed by atoms with Crippen LogP contribution in [0.2, 0.25) is 0 Å². The summed E-state index contributed by atoms with van der Waals surface area (Å²) in [5.41, 5.74) is 6.09. The van der Waals surface area contributed by atoms with Crippen molar-refractivity contribution in [2.24, 2.45) is 11.0 Å². The first-order valence-corrected chi connectivity index (χ1v) is 10.4. The van der Waals surface area contributed by atoms with Crippen molar-refractivity contribution < 1.29 is 9.59 Å². The average molecular weight is 392 g/mol. The summed E-state index contributed by atoms with van der Waals surface area (Å²) >= 11 is 0. The molecular weight excluding hydrogens is 362 g/mol. The highest BCUT2D eigenvalue weighted by molar-refractivity contribution is 6.01. The largest absolute Gasteiger partial charge is 0.326 e. The molecule has 2 aromatic rings. The predicted octanol–water partition coefficient (Wildman–Crippen LogP) is 4.68. The number of benzene rings is 2. The molecule has 0 aliphatic heterocycles. The van der Waals surface area contributed by atoms with Crippen molar-refractivity contribution in [1.82, 2.24) is 5.43 Å². The molecule has 0 bridgehead atoms. The van der Waals surface area contributed by atoms with Gasteiger partial charge in [-0.15, -0.1) is 0 Å². The molecule has 0 heterocycles. The Kier molecular flexibility index (Phi) is 7.56. The maximum Gasteiger partial charge on any atom is 0.240 e. The lowest BCUT2D eigenvalue weighted by Crippen LogP contribution is -2.24. The molecule has 0 unspecified atom stereocenters. The second-order valence-corrected chi connectivity index (χ2v) is 7.62. The van der Waals surface area contributed by atoms with E-state index in [1.807, 2.05) is 61.5 Å². The van der Waals surface area contributed by atoms with E-state index in [-0.39, 0.29) is 17.7 Å². The number of aryl methyl sites for hydroxylation is 1. The molecule has 29 heavy (non-hydrogen) atoms. The van der Waals surface area contributed by atoms with E-state index in [9.17, 15) is 9.59 Å². The van der Waals surface area contributed by atoms with Crippen molar-refractivity contribution in [3.8, 4) is 0 Å². The lowest BCUT2D eigenvalue weighted by Gasteiger charge is -2.20. The third-order valence-corrected chi connectivity index (χ3v) is 5.36. The number of anilines is 1. The Balaban J connectivity index is 1.53. The third-order valence-electron chi connectivity index (χ3n) is 5.36. The van der Waals surface area contributed by atoms with Gasteiger partial charge in [0.25, 0.3) is 0 Å². The lowest BCUT2D eigenvalue weighted by molar-refractivity contribution is -0.121. The van der Waals surface area contributed by atoms with Gasteiger partial charge in [-0.25, -0.2) is 5.43 Å². The Bertz CT molecular complexity index is 855. The van der Waals surface area contributed by atoms with Gasteiger partial charge < -0.3 is 5.32 Å². The summed E-state index contributed by atoms with van der Waals surface area (Å²) in [6.07, 6.45) is 6.51. The molecule has 2 amide bonds. The van der Waals surface area contributed by atoms with Gasteiger partial charge in [0.1, 0.15) is 0 Å².